The van der Waals surface area contributed by atoms with E-state index in [0.29, 0.717) is 12.3 Å². The number of hydrogen-bond acceptors (Lipinski definition) is 3. The molecule has 1 amide bonds. The van der Waals surface area contributed by atoms with Crippen LogP contribution in [0.4, 0.5) is 0 Å². The molecule has 0 aromatic carbocycles. The minimum Gasteiger partial charge on any atom is -0.480 e. The Kier molecular flexibility index (Phi) is 5.50. The quantitative estimate of drug-likeness (QED) is 0.588. The third-order valence-corrected chi connectivity index (χ3v) is 2.89. The number of carbonyl (C=O) groups is 2. The van der Waals surface area contributed by atoms with Crippen LogP contribution in [0.1, 0.15) is 25.7 Å². The Morgan fingerprint density at radius 2 is 2.12 bits per heavy atom. The van der Waals surface area contributed by atoms with Crippen molar-refractivity contribution in [3.8, 4) is 12.3 Å². The van der Waals surface area contributed by atoms with Crippen molar-refractivity contribution in [1.82, 2.24) is 10.6 Å². The SMILES string of the molecule is C#CCC(NC(=O)CC1CCNCC1)C(=O)O. The largest absolute Gasteiger partial charge is 0.480 e. The zero-order chi connectivity index (χ0) is 12.7. The third-order valence-electron chi connectivity index (χ3n) is 2.89. The van der Waals surface area contributed by atoms with Crippen LogP contribution < -0.4 is 10.6 Å². The molecule has 0 saturated carbocycles. The Bertz CT molecular complexity index is 316. The van der Waals surface area contributed by atoms with Gasteiger partial charge in [0.1, 0.15) is 6.04 Å². The first-order valence-corrected chi connectivity index (χ1v) is 5.80. The normalized spacial score (nSPS) is 18.1. The molecule has 94 valence electrons. The summed E-state index contributed by atoms with van der Waals surface area (Å²) in [7, 11) is 0. The summed E-state index contributed by atoms with van der Waals surface area (Å²) in [6.07, 6.45) is 7.38. The fraction of sp³-hybridized carbons (Fsp3) is 0.667. The van der Waals surface area contributed by atoms with Crippen molar-refractivity contribution in [3.05, 3.63) is 0 Å². The number of nitrogens with one attached hydrogen (secondary N) is 2. The van der Waals surface area contributed by atoms with E-state index >= 15 is 0 Å². The lowest BCUT2D eigenvalue weighted by atomic mass is 9.94. The minimum atomic E-state index is -1.08. The maximum Gasteiger partial charge on any atom is 0.327 e. The van der Waals surface area contributed by atoms with Gasteiger partial charge in [0, 0.05) is 12.8 Å². The van der Waals surface area contributed by atoms with Crippen LogP contribution in [0, 0.1) is 18.3 Å². The van der Waals surface area contributed by atoms with E-state index in [-0.39, 0.29) is 12.3 Å². The van der Waals surface area contributed by atoms with Crippen molar-refractivity contribution in [2.75, 3.05) is 13.1 Å². The fourth-order valence-electron chi connectivity index (χ4n) is 1.92. The van der Waals surface area contributed by atoms with Gasteiger partial charge < -0.3 is 15.7 Å². The molecule has 1 heterocycles. The van der Waals surface area contributed by atoms with E-state index in [4.69, 9.17) is 11.5 Å². The third kappa shape index (κ3) is 4.87. The molecule has 1 rings (SSSR count). The summed E-state index contributed by atoms with van der Waals surface area (Å²) in [5.41, 5.74) is 0. The van der Waals surface area contributed by atoms with Gasteiger partial charge in [-0.05, 0) is 31.8 Å². The molecule has 17 heavy (non-hydrogen) atoms. The first kappa shape index (κ1) is 13.5. The molecule has 1 unspecified atom stereocenters. The number of carbonyl (C=O) groups excluding carboxylic acids is 1. The first-order valence-electron chi connectivity index (χ1n) is 5.80. The molecule has 0 aliphatic carbocycles. The highest BCUT2D eigenvalue weighted by Gasteiger charge is 2.21. The predicted molar refractivity (Wildman–Crippen MR) is 63.2 cm³/mol. The maximum absolute atomic E-state index is 11.6. The van der Waals surface area contributed by atoms with Gasteiger partial charge in [-0.1, -0.05) is 0 Å². The van der Waals surface area contributed by atoms with Crippen molar-refractivity contribution >= 4 is 11.9 Å². The molecule has 1 aliphatic heterocycles. The van der Waals surface area contributed by atoms with Crippen LogP contribution in [-0.2, 0) is 9.59 Å². The van der Waals surface area contributed by atoms with Crippen LogP contribution in [0.3, 0.4) is 0 Å². The van der Waals surface area contributed by atoms with Crippen LogP contribution >= 0.6 is 0 Å². The standard InChI is InChI=1S/C12H18N2O3/c1-2-3-10(12(16)17)14-11(15)8-9-4-6-13-7-5-9/h1,9-10,13H,3-8H2,(H,14,15)(H,16,17). The second-order valence-corrected chi connectivity index (χ2v) is 4.26. The van der Waals surface area contributed by atoms with Gasteiger partial charge in [0.25, 0.3) is 0 Å². The van der Waals surface area contributed by atoms with Crippen molar-refractivity contribution in [3.63, 3.8) is 0 Å². The van der Waals surface area contributed by atoms with E-state index < -0.39 is 12.0 Å². The summed E-state index contributed by atoms with van der Waals surface area (Å²) in [4.78, 5) is 22.4. The summed E-state index contributed by atoms with van der Waals surface area (Å²) < 4.78 is 0. The van der Waals surface area contributed by atoms with Crippen LogP contribution in [0.15, 0.2) is 0 Å². The summed E-state index contributed by atoms with van der Waals surface area (Å²) in [6, 6.07) is -0.964. The van der Waals surface area contributed by atoms with Gasteiger partial charge in [-0.25, -0.2) is 4.79 Å². The molecule has 3 N–H and O–H groups in total. The Labute approximate surface area is 101 Å². The smallest absolute Gasteiger partial charge is 0.327 e. The van der Waals surface area contributed by atoms with E-state index in [9.17, 15) is 9.59 Å². The van der Waals surface area contributed by atoms with Crippen LogP contribution in [0.25, 0.3) is 0 Å². The van der Waals surface area contributed by atoms with Gasteiger partial charge in [-0.3, -0.25) is 4.79 Å². The minimum absolute atomic E-state index is 0.0211. The molecule has 0 radical (unpaired) electrons. The van der Waals surface area contributed by atoms with Gasteiger partial charge in [0.15, 0.2) is 0 Å². The molecule has 5 heteroatoms. The second-order valence-electron chi connectivity index (χ2n) is 4.26. The first-order chi connectivity index (χ1) is 8.13. The van der Waals surface area contributed by atoms with Gasteiger partial charge in [0.05, 0.1) is 0 Å². The number of carboxylic acids is 1. The lowest BCUT2D eigenvalue weighted by molar-refractivity contribution is -0.141. The number of amides is 1. The molecule has 1 saturated heterocycles. The number of hydrogen-bond donors (Lipinski definition) is 3. The second kappa shape index (κ2) is 6.92. The van der Waals surface area contributed by atoms with E-state index in [2.05, 4.69) is 16.6 Å². The summed E-state index contributed by atoms with van der Waals surface area (Å²) in [6.45, 7) is 1.84. The van der Waals surface area contributed by atoms with Crippen molar-refractivity contribution in [2.24, 2.45) is 5.92 Å². The molecule has 0 bridgehead atoms. The van der Waals surface area contributed by atoms with E-state index in [1.807, 2.05) is 0 Å². The molecule has 0 spiro atoms. The highest BCUT2D eigenvalue weighted by atomic mass is 16.4. The van der Waals surface area contributed by atoms with E-state index in [1.165, 1.54) is 0 Å². The lowest BCUT2D eigenvalue weighted by Gasteiger charge is -2.22. The van der Waals surface area contributed by atoms with Gasteiger partial charge in [-0.15, -0.1) is 12.3 Å². The van der Waals surface area contributed by atoms with Crippen molar-refractivity contribution in [1.29, 1.82) is 0 Å². The average Bonchev–Trinajstić information content (AvgIpc) is 2.29. The Balaban J connectivity index is 2.36. The molecule has 1 aliphatic rings. The van der Waals surface area contributed by atoms with Crippen LogP contribution in [0.5, 0.6) is 0 Å². The van der Waals surface area contributed by atoms with Gasteiger partial charge in [-0.2, -0.15) is 0 Å². The molecule has 0 aromatic rings. The zero-order valence-electron chi connectivity index (χ0n) is 9.74. The number of terminal acetylenes is 1. The number of rotatable bonds is 5. The highest BCUT2D eigenvalue weighted by Crippen LogP contribution is 2.15. The summed E-state index contributed by atoms with van der Waals surface area (Å²) >= 11 is 0. The number of piperidine rings is 1. The van der Waals surface area contributed by atoms with Gasteiger partial charge in [0.2, 0.25) is 5.91 Å². The molecule has 1 atom stereocenters. The Morgan fingerprint density at radius 3 is 2.65 bits per heavy atom. The molecule has 0 aromatic heterocycles. The molecule has 5 nitrogen and oxygen atoms in total. The lowest BCUT2D eigenvalue weighted by Crippen LogP contribution is -2.41. The average molecular weight is 238 g/mol. The van der Waals surface area contributed by atoms with Crippen LogP contribution in [0.2, 0.25) is 0 Å². The monoisotopic (exact) mass is 238 g/mol. The van der Waals surface area contributed by atoms with Gasteiger partial charge >= 0.3 is 5.97 Å². The van der Waals surface area contributed by atoms with E-state index in [0.717, 1.165) is 25.9 Å². The van der Waals surface area contributed by atoms with Crippen molar-refractivity contribution < 1.29 is 14.7 Å². The predicted octanol–water partition coefficient (Wildman–Crippen LogP) is -0.0312. The van der Waals surface area contributed by atoms with Crippen LogP contribution in [-0.4, -0.2) is 36.1 Å². The highest BCUT2D eigenvalue weighted by molar-refractivity contribution is 5.83. The zero-order valence-corrected chi connectivity index (χ0v) is 9.74. The maximum atomic E-state index is 11.6. The van der Waals surface area contributed by atoms with E-state index in [1.54, 1.807) is 0 Å². The molecular weight excluding hydrogens is 220 g/mol. The summed E-state index contributed by atoms with van der Waals surface area (Å²) in [5.74, 6) is 1.29. The fourth-order valence-corrected chi connectivity index (χ4v) is 1.92. The Morgan fingerprint density at radius 1 is 1.47 bits per heavy atom. The molecular formula is C12H18N2O3. The Hall–Kier alpha value is -1.54. The number of carboxylic acid groups (broad SMARTS) is 1. The topological polar surface area (TPSA) is 78.4 Å². The number of aliphatic carboxylic acids is 1. The van der Waals surface area contributed by atoms with Crippen molar-refractivity contribution in [2.45, 2.75) is 31.7 Å². The summed E-state index contributed by atoms with van der Waals surface area (Å²) in [5, 5.41) is 14.5. The molecule has 1 fully saturated rings.